The highest BCUT2D eigenvalue weighted by Gasteiger charge is 2.37. The van der Waals surface area contributed by atoms with Crippen LogP contribution in [0.3, 0.4) is 0 Å². The third kappa shape index (κ3) is 4.50. The summed E-state index contributed by atoms with van der Waals surface area (Å²) in [5.74, 6) is 0. The smallest absolute Gasteiger partial charge is 0.0593 e. The predicted molar refractivity (Wildman–Crippen MR) is 72.9 cm³/mol. The monoisotopic (exact) mass is 256 g/mol. The zero-order valence-electron chi connectivity index (χ0n) is 11.9. The van der Waals surface area contributed by atoms with Crippen molar-refractivity contribution in [2.45, 2.75) is 32.2 Å². The Morgan fingerprint density at radius 2 is 2.28 bits per heavy atom. The molecule has 0 aromatic heterocycles. The Labute approximate surface area is 111 Å². The van der Waals surface area contributed by atoms with E-state index in [0.29, 0.717) is 5.41 Å². The van der Waals surface area contributed by atoms with Gasteiger partial charge in [-0.15, -0.1) is 0 Å². The van der Waals surface area contributed by atoms with E-state index in [-0.39, 0.29) is 0 Å². The van der Waals surface area contributed by atoms with E-state index >= 15 is 0 Å². The Hall–Kier alpha value is -0.160. The van der Waals surface area contributed by atoms with Crippen LogP contribution in [0.4, 0.5) is 0 Å². The van der Waals surface area contributed by atoms with Crippen molar-refractivity contribution in [3.8, 4) is 0 Å². The van der Waals surface area contributed by atoms with Gasteiger partial charge in [0.15, 0.2) is 0 Å². The van der Waals surface area contributed by atoms with Crippen LogP contribution in [-0.4, -0.2) is 64.1 Å². The molecule has 106 valence electrons. The number of nitrogens with zero attached hydrogens (tertiary/aromatic N) is 1. The van der Waals surface area contributed by atoms with Crippen LogP contribution in [-0.2, 0) is 9.47 Å². The summed E-state index contributed by atoms with van der Waals surface area (Å²) in [6, 6.07) is 0.788. The molecular weight excluding hydrogens is 228 g/mol. The van der Waals surface area contributed by atoms with Crippen LogP contribution in [0.5, 0.6) is 0 Å². The summed E-state index contributed by atoms with van der Waals surface area (Å²) in [6.07, 6.45) is 3.90. The fourth-order valence-electron chi connectivity index (χ4n) is 2.63. The molecule has 0 spiro atoms. The maximum absolute atomic E-state index is 5.64. The van der Waals surface area contributed by atoms with Crippen molar-refractivity contribution >= 4 is 0 Å². The van der Waals surface area contributed by atoms with Crippen LogP contribution in [0, 0.1) is 5.41 Å². The summed E-state index contributed by atoms with van der Waals surface area (Å²) in [5, 5.41) is 3.67. The van der Waals surface area contributed by atoms with Crippen molar-refractivity contribution in [2.24, 2.45) is 5.41 Å². The van der Waals surface area contributed by atoms with Gasteiger partial charge in [0, 0.05) is 44.3 Å². The second kappa shape index (κ2) is 6.85. The second-order valence-corrected chi connectivity index (χ2v) is 5.89. The minimum atomic E-state index is 0.323. The maximum Gasteiger partial charge on any atom is 0.0593 e. The number of likely N-dealkylation sites (N-methyl/N-ethyl adjacent to an activating group) is 1. The zero-order valence-corrected chi connectivity index (χ0v) is 11.9. The molecule has 1 atom stereocenters. The van der Waals surface area contributed by atoms with E-state index in [1.54, 1.807) is 0 Å². The lowest BCUT2D eigenvalue weighted by atomic mass is 9.86. The molecule has 1 unspecified atom stereocenters. The van der Waals surface area contributed by atoms with Crippen LogP contribution in [0.1, 0.15) is 26.2 Å². The normalized spacial score (nSPS) is 28.2. The van der Waals surface area contributed by atoms with Crippen LogP contribution < -0.4 is 5.32 Å². The molecular formula is C14H28N2O2. The van der Waals surface area contributed by atoms with Gasteiger partial charge in [-0.1, -0.05) is 0 Å². The van der Waals surface area contributed by atoms with Crippen molar-refractivity contribution in [3.05, 3.63) is 0 Å². The van der Waals surface area contributed by atoms with E-state index in [9.17, 15) is 0 Å². The molecule has 1 aliphatic heterocycles. The largest absolute Gasteiger partial charge is 0.381 e. The molecule has 0 radical (unpaired) electrons. The minimum absolute atomic E-state index is 0.323. The van der Waals surface area contributed by atoms with Gasteiger partial charge in [0.2, 0.25) is 0 Å². The summed E-state index contributed by atoms with van der Waals surface area (Å²) in [4.78, 5) is 2.39. The van der Waals surface area contributed by atoms with Crippen LogP contribution >= 0.6 is 0 Å². The molecule has 0 amide bonds. The molecule has 4 heteroatoms. The average molecular weight is 256 g/mol. The van der Waals surface area contributed by atoms with Gasteiger partial charge >= 0.3 is 0 Å². The summed E-state index contributed by atoms with van der Waals surface area (Å²) < 4.78 is 11.1. The Kier molecular flexibility index (Phi) is 5.42. The molecule has 1 aliphatic carbocycles. The van der Waals surface area contributed by atoms with Crippen molar-refractivity contribution in [3.63, 3.8) is 0 Å². The molecule has 0 aromatic rings. The van der Waals surface area contributed by atoms with Crippen molar-refractivity contribution in [1.29, 1.82) is 0 Å². The molecule has 1 saturated carbocycles. The van der Waals surface area contributed by atoms with E-state index in [1.807, 2.05) is 6.92 Å². The molecule has 0 aromatic carbocycles. The molecule has 4 nitrogen and oxygen atoms in total. The highest BCUT2D eigenvalue weighted by molar-refractivity contribution is 4.91. The first kappa shape index (κ1) is 14.3. The standard InChI is InChI=1S/C14H28N2O2/c1-3-17-9-7-16(2)11-14(6-8-18-12-14)10-15-13-4-5-13/h13,15H,3-12H2,1-2H3. The van der Waals surface area contributed by atoms with E-state index < -0.39 is 0 Å². The SMILES string of the molecule is CCOCCN(C)CC1(CNC2CC2)CCOC1. The molecule has 1 N–H and O–H groups in total. The van der Waals surface area contributed by atoms with Gasteiger partial charge in [-0.25, -0.2) is 0 Å². The first-order chi connectivity index (χ1) is 8.74. The third-order valence-electron chi connectivity index (χ3n) is 3.95. The van der Waals surface area contributed by atoms with Gasteiger partial charge in [-0.2, -0.15) is 0 Å². The van der Waals surface area contributed by atoms with Gasteiger partial charge in [0.05, 0.1) is 13.2 Å². The summed E-state index contributed by atoms with van der Waals surface area (Å²) >= 11 is 0. The lowest BCUT2D eigenvalue weighted by Gasteiger charge is -2.32. The number of hydrogen-bond acceptors (Lipinski definition) is 4. The quantitative estimate of drug-likeness (QED) is 0.627. The Balaban J connectivity index is 1.73. The molecule has 2 fully saturated rings. The van der Waals surface area contributed by atoms with E-state index in [0.717, 1.165) is 52.1 Å². The highest BCUT2D eigenvalue weighted by atomic mass is 16.5. The second-order valence-electron chi connectivity index (χ2n) is 5.89. The molecule has 0 bridgehead atoms. The summed E-state index contributed by atoms with van der Waals surface area (Å²) in [7, 11) is 2.19. The number of hydrogen-bond donors (Lipinski definition) is 1. The van der Waals surface area contributed by atoms with Crippen molar-refractivity contribution < 1.29 is 9.47 Å². The Bertz CT molecular complexity index is 238. The van der Waals surface area contributed by atoms with E-state index in [4.69, 9.17) is 9.47 Å². The fraction of sp³-hybridized carbons (Fsp3) is 1.00. The number of rotatable bonds is 9. The summed E-state index contributed by atoms with van der Waals surface area (Å²) in [6.45, 7) is 8.75. The lowest BCUT2D eigenvalue weighted by molar-refractivity contribution is 0.0873. The first-order valence-corrected chi connectivity index (χ1v) is 7.31. The van der Waals surface area contributed by atoms with Gasteiger partial charge in [-0.05, 0) is 33.2 Å². The van der Waals surface area contributed by atoms with Crippen LogP contribution in [0.15, 0.2) is 0 Å². The predicted octanol–water partition coefficient (Wildman–Crippen LogP) is 1.11. The average Bonchev–Trinajstić information content (AvgIpc) is 3.08. The fourth-order valence-corrected chi connectivity index (χ4v) is 2.63. The maximum atomic E-state index is 5.64. The van der Waals surface area contributed by atoms with Crippen molar-refractivity contribution in [1.82, 2.24) is 10.2 Å². The molecule has 2 rings (SSSR count). The van der Waals surface area contributed by atoms with Crippen molar-refractivity contribution in [2.75, 3.05) is 53.1 Å². The highest BCUT2D eigenvalue weighted by Crippen LogP contribution is 2.30. The first-order valence-electron chi connectivity index (χ1n) is 7.31. The van der Waals surface area contributed by atoms with Gasteiger partial charge in [0.25, 0.3) is 0 Å². The number of nitrogens with one attached hydrogen (secondary N) is 1. The lowest BCUT2D eigenvalue weighted by Crippen LogP contribution is -2.44. The molecule has 18 heavy (non-hydrogen) atoms. The minimum Gasteiger partial charge on any atom is -0.381 e. The van der Waals surface area contributed by atoms with E-state index in [1.165, 1.54) is 19.3 Å². The topological polar surface area (TPSA) is 33.7 Å². The zero-order chi connectivity index (χ0) is 12.8. The third-order valence-corrected chi connectivity index (χ3v) is 3.95. The van der Waals surface area contributed by atoms with Gasteiger partial charge in [0.1, 0.15) is 0 Å². The molecule has 1 saturated heterocycles. The van der Waals surface area contributed by atoms with E-state index in [2.05, 4.69) is 17.3 Å². The van der Waals surface area contributed by atoms with Crippen LogP contribution in [0.25, 0.3) is 0 Å². The number of ether oxygens (including phenoxy) is 2. The molecule has 2 aliphatic rings. The Morgan fingerprint density at radius 3 is 2.89 bits per heavy atom. The van der Waals surface area contributed by atoms with Gasteiger partial charge < -0.3 is 19.7 Å². The van der Waals surface area contributed by atoms with Crippen LogP contribution in [0.2, 0.25) is 0 Å². The van der Waals surface area contributed by atoms with Gasteiger partial charge in [-0.3, -0.25) is 0 Å². The Morgan fingerprint density at radius 1 is 1.44 bits per heavy atom. The molecule has 1 heterocycles. The summed E-state index contributed by atoms with van der Waals surface area (Å²) in [5.41, 5.74) is 0.323.